The normalized spacial score (nSPS) is 17.3. The largest absolute Gasteiger partial charge is 0.497 e. The first kappa shape index (κ1) is 15.3. The summed E-state index contributed by atoms with van der Waals surface area (Å²) in [5.74, 6) is -0.0631. The number of nitro groups is 1. The molecule has 3 rings (SSSR count). The SMILES string of the molecule is COc1cccc(C2CCCN2c2cccc(F)c2[N+](=O)[O-])c1. The number of benzene rings is 2. The summed E-state index contributed by atoms with van der Waals surface area (Å²) >= 11 is 0. The molecule has 0 aromatic heterocycles. The van der Waals surface area contributed by atoms with Crippen LogP contribution in [-0.4, -0.2) is 18.6 Å². The van der Waals surface area contributed by atoms with Crippen LogP contribution >= 0.6 is 0 Å². The minimum atomic E-state index is -0.802. The molecule has 5 nitrogen and oxygen atoms in total. The third-order valence-electron chi connectivity index (χ3n) is 4.19. The van der Waals surface area contributed by atoms with Gasteiger partial charge >= 0.3 is 5.69 Å². The Labute approximate surface area is 133 Å². The highest BCUT2D eigenvalue weighted by Gasteiger charge is 2.32. The van der Waals surface area contributed by atoms with E-state index in [0.29, 0.717) is 12.2 Å². The average molecular weight is 316 g/mol. The Morgan fingerprint density at radius 1 is 1.30 bits per heavy atom. The van der Waals surface area contributed by atoms with Gasteiger partial charge in [0.2, 0.25) is 5.82 Å². The summed E-state index contributed by atoms with van der Waals surface area (Å²) in [6.07, 6.45) is 1.76. The van der Waals surface area contributed by atoms with Gasteiger partial charge in [-0.15, -0.1) is 0 Å². The van der Waals surface area contributed by atoms with Crippen molar-refractivity contribution in [2.24, 2.45) is 0 Å². The molecule has 6 heteroatoms. The van der Waals surface area contributed by atoms with E-state index < -0.39 is 16.4 Å². The number of anilines is 1. The molecule has 0 saturated carbocycles. The van der Waals surface area contributed by atoms with Crippen LogP contribution in [0.1, 0.15) is 24.4 Å². The molecule has 2 aromatic rings. The molecule has 1 saturated heterocycles. The fourth-order valence-corrected chi connectivity index (χ4v) is 3.17. The molecule has 2 aromatic carbocycles. The highest BCUT2D eigenvalue weighted by Crippen LogP contribution is 2.41. The number of rotatable bonds is 4. The molecule has 1 heterocycles. The highest BCUT2D eigenvalue weighted by molar-refractivity contribution is 5.65. The van der Waals surface area contributed by atoms with Gasteiger partial charge in [0.1, 0.15) is 11.4 Å². The van der Waals surface area contributed by atoms with E-state index in [0.717, 1.165) is 30.2 Å². The topological polar surface area (TPSA) is 55.6 Å². The lowest BCUT2D eigenvalue weighted by Crippen LogP contribution is -2.23. The predicted octanol–water partition coefficient (Wildman–Crippen LogP) is 4.08. The number of nitrogens with zero attached hydrogens (tertiary/aromatic N) is 2. The van der Waals surface area contributed by atoms with Crippen molar-refractivity contribution in [2.75, 3.05) is 18.6 Å². The zero-order valence-corrected chi connectivity index (χ0v) is 12.7. The Morgan fingerprint density at radius 3 is 2.83 bits per heavy atom. The van der Waals surface area contributed by atoms with Crippen LogP contribution in [0.3, 0.4) is 0 Å². The first-order valence-corrected chi connectivity index (χ1v) is 7.45. The number of nitro benzene ring substituents is 1. The molecule has 1 aliphatic rings. The average Bonchev–Trinajstić information content (AvgIpc) is 3.03. The standard InChI is InChI=1S/C17H17FN2O3/c1-23-13-6-2-5-12(11-13)15-9-4-10-19(15)16-8-3-7-14(18)17(16)20(21)22/h2-3,5-8,11,15H,4,9-10H2,1H3. The number of hydrogen-bond donors (Lipinski definition) is 0. The van der Waals surface area contributed by atoms with Crippen LogP contribution in [0, 0.1) is 15.9 Å². The van der Waals surface area contributed by atoms with Gasteiger partial charge in [0.25, 0.3) is 0 Å². The molecular weight excluding hydrogens is 299 g/mol. The fraction of sp³-hybridized carbons (Fsp3) is 0.294. The van der Waals surface area contributed by atoms with E-state index in [1.54, 1.807) is 13.2 Å². The van der Waals surface area contributed by atoms with Crippen molar-refractivity contribution in [3.05, 3.63) is 64.0 Å². The second kappa shape index (κ2) is 6.24. The van der Waals surface area contributed by atoms with Crippen LogP contribution in [0.5, 0.6) is 5.75 Å². The summed E-state index contributed by atoms with van der Waals surface area (Å²) in [6, 6.07) is 11.9. The third-order valence-corrected chi connectivity index (χ3v) is 4.19. The van der Waals surface area contributed by atoms with Crippen LogP contribution in [-0.2, 0) is 0 Å². The smallest absolute Gasteiger partial charge is 0.327 e. The molecular formula is C17H17FN2O3. The van der Waals surface area contributed by atoms with E-state index in [4.69, 9.17) is 4.74 Å². The van der Waals surface area contributed by atoms with Gasteiger partial charge in [-0.05, 0) is 42.7 Å². The molecule has 0 aliphatic carbocycles. The molecule has 1 fully saturated rings. The van der Waals surface area contributed by atoms with Crippen molar-refractivity contribution in [3.63, 3.8) is 0 Å². The summed E-state index contributed by atoms with van der Waals surface area (Å²) in [5, 5.41) is 11.3. The van der Waals surface area contributed by atoms with Crippen LogP contribution in [0.25, 0.3) is 0 Å². The van der Waals surface area contributed by atoms with Gasteiger partial charge < -0.3 is 9.64 Å². The van der Waals surface area contributed by atoms with E-state index in [1.807, 2.05) is 29.2 Å². The minimum Gasteiger partial charge on any atom is -0.497 e. The van der Waals surface area contributed by atoms with Gasteiger partial charge in [0, 0.05) is 6.54 Å². The van der Waals surface area contributed by atoms with Crippen LogP contribution in [0.4, 0.5) is 15.8 Å². The maximum atomic E-state index is 13.9. The maximum absolute atomic E-state index is 13.9. The van der Waals surface area contributed by atoms with E-state index in [2.05, 4.69) is 0 Å². The Balaban J connectivity index is 2.02. The van der Waals surface area contributed by atoms with Gasteiger partial charge in [-0.1, -0.05) is 18.2 Å². The number of methoxy groups -OCH3 is 1. The second-order valence-corrected chi connectivity index (χ2v) is 5.49. The second-order valence-electron chi connectivity index (χ2n) is 5.49. The van der Waals surface area contributed by atoms with Crippen molar-refractivity contribution in [1.29, 1.82) is 0 Å². The Morgan fingerprint density at radius 2 is 2.09 bits per heavy atom. The molecule has 0 amide bonds. The third kappa shape index (κ3) is 2.84. The number of hydrogen-bond acceptors (Lipinski definition) is 4. The zero-order chi connectivity index (χ0) is 16.4. The fourth-order valence-electron chi connectivity index (χ4n) is 3.17. The summed E-state index contributed by atoms with van der Waals surface area (Å²) in [6.45, 7) is 0.659. The van der Waals surface area contributed by atoms with Gasteiger partial charge in [-0.2, -0.15) is 4.39 Å². The summed E-state index contributed by atoms with van der Waals surface area (Å²) in [7, 11) is 1.60. The van der Waals surface area contributed by atoms with Crippen LogP contribution < -0.4 is 9.64 Å². The zero-order valence-electron chi connectivity index (χ0n) is 12.7. The van der Waals surface area contributed by atoms with E-state index in [-0.39, 0.29) is 6.04 Å². The molecule has 0 bridgehead atoms. The molecule has 1 aliphatic heterocycles. The maximum Gasteiger partial charge on any atom is 0.327 e. The summed E-state index contributed by atoms with van der Waals surface area (Å²) in [5.41, 5.74) is 0.892. The van der Waals surface area contributed by atoms with E-state index in [1.165, 1.54) is 6.07 Å². The molecule has 0 N–H and O–H groups in total. The first-order valence-electron chi connectivity index (χ1n) is 7.45. The van der Waals surface area contributed by atoms with Gasteiger partial charge in [-0.3, -0.25) is 10.1 Å². The van der Waals surface area contributed by atoms with Crippen molar-refractivity contribution < 1.29 is 14.1 Å². The lowest BCUT2D eigenvalue weighted by atomic mass is 10.0. The number of halogens is 1. The molecule has 0 spiro atoms. The Hall–Kier alpha value is -2.63. The molecule has 1 unspecified atom stereocenters. The first-order chi connectivity index (χ1) is 11.1. The number of para-hydroxylation sites is 1. The van der Waals surface area contributed by atoms with Crippen molar-refractivity contribution >= 4 is 11.4 Å². The van der Waals surface area contributed by atoms with Crippen molar-refractivity contribution in [2.45, 2.75) is 18.9 Å². The van der Waals surface area contributed by atoms with Crippen LogP contribution in [0.15, 0.2) is 42.5 Å². The molecule has 1 atom stereocenters. The highest BCUT2D eigenvalue weighted by atomic mass is 19.1. The summed E-state index contributed by atoms with van der Waals surface area (Å²) < 4.78 is 19.2. The molecule has 120 valence electrons. The lowest BCUT2D eigenvalue weighted by Gasteiger charge is -2.27. The van der Waals surface area contributed by atoms with E-state index in [9.17, 15) is 14.5 Å². The molecule has 0 radical (unpaired) electrons. The van der Waals surface area contributed by atoms with Gasteiger partial charge in [0.15, 0.2) is 0 Å². The lowest BCUT2D eigenvalue weighted by molar-refractivity contribution is -0.386. The van der Waals surface area contributed by atoms with Crippen molar-refractivity contribution in [1.82, 2.24) is 0 Å². The quantitative estimate of drug-likeness (QED) is 0.630. The minimum absolute atomic E-state index is 0.0226. The predicted molar refractivity (Wildman–Crippen MR) is 85.4 cm³/mol. The number of ether oxygens (including phenoxy) is 1. The monoisotopic (exact) mass is 316 g/mol. The summed E-state index contributed by atoms with van der Waals surface area (Å²) in [4.78, 5) is 12.5. The van der Waals surface area contributed by atoms with Gasteiger partial charge in [0.05, 0.1) is 18.1 Å². The van der Waals surface area contributed by atoms with Crippen LogP contribution in [0.2, 0.25) is 0 Å². The Kier molecular flexibility index (Phi) is 4.14. The van der Waals surface area contributed by atoms with Gasteiger partial charge in [-0.25, -0.2) is 0 Å². The Bertz CT molecular complexity index is 736. The van der Waals surface area contributed by atoms with E-state index >= 15 is 0 Å². The molecule has 23 heavy (non-hydrogen) atoms. The van der Waals surface area contributed by atoms with Crippen molar-refractivity contribution in [3.8, 4) is 5.75 Å².